The molecule has 1 N–H and O–H groups in total. The molecule has 156 valence electrons. The molecule has 1 aromatic carbocycles. The van der Waals surface area contributed by atoms with Gasteiger partial charge in [0.1, 0.15) is 5.82 Å². The maximum absolute atomic E-state index is 13.3. The first-order valence-corrected chi connectivity index (χ1v) is 10.8. The lowest BCUT2D eigenvalue weighted by Gasteiger charge is -2.32. The second-order valence-corrected chi connectivity index (χ2v) is 8.49. The third-order valence-electron chi connectivity index (χ3n) is 6.41. The van der Waals surface area contributed by atoms with Crippen LogP contribution in [0.25, 0.3) is 0 Å². The smallest absolute Gasteiger partial charge is 0.234 e. The summed E-state index contributed by atoms with van der Waals surface area (Å²) in [5, 5.41) is 11.2. The zero-order valence-electron chi connectivity index (χ0n) is 16.8. The number of benzene rings is 1. The SMILES string of the molecule is O=C(CN1CCC(Cn2ccnn2)CC1)NC(c1ccc(F)cc1)C1CCCC1. The van der Waals surface area contributed by atoms with E-state index in [0.29, 0.717) is 18.4 Å². The summed E-state index contributed by atoms with van der Waals surface area (Å²) >= 11 is 0. The molecule has 1 saturated heterocycles. The van der Waals surface area contributed by atoms with Crippen molar-refractivity contribution < 1.29 is 9.18 Å². The number of hydrogen-bond donors (Lipinski definition) is 1. The molecule has 1 amide bonds. The number of halogens is 1. The van der Waals surface area contributed by atoms with Crippen molar-refractivity contribution in [2.45, 2.75) is 51.1 Å². The molecule has 1 aromatic heterocycles. The second-order valence-electron chi connectivity index (χ2n) is 8.49. The van der Waals surface area contributed by atoms with E-state index in [9.17, 15) is 9.18 Å². The molecule has 6 nitrogen and oxygen atoms in total. The highest BCUT2D eigenvalue weighted by molar-refractivity contribution is 5.78. The van der Waals surface area contributed by atoms with E-state index in [1.807, 2.05) is 23.0 Å². The zero-order valence-corrected chi connectivity index (χ0v) is 16.8. The van der Waals surface area contributed by atoms with E-state index in [2.05, 4.69) is 20.5 Å². The molecule has 1 unspecified atom stereocenters. The fourth-order valence-electron chi connectivity index (χ4n) is 4.78. The van der Waals surface area contributed by atoms with Crippen molar-refractivity contribution >= 4 is 5.91 Å². The number of hydrogen-bond acceptors (Lipinski definition) is 4. The van der Waals surface area contributed by atoms with Gasteiger partial charge in [-0.05, 0) is 68.3 Å². The first kappa shape index (κ1) is 20.0. The summed E-state index contributed by atoms with van der Waals surface area (Å²) in [6, 6.07) is 6.59. The van der Waals surface area contributed by atoms with Crippen molar-refractivity contribution in [2.24, 2.45) is 11.8 Å². The topological polar surface area (TPSA) is 63.1 Å². The molecule has 29 heavy (non-hydrogen) atoms. The molecule has 0 bridgehead atoms. The molecule has 2 heterocycles. The Morgan fingerprint density at radius 3 is 2.52 bits per heavy atom. The van der Waals surface area contributed by atoms with E-state index in [1.165, 1.54) is 25.0 Å². The molecule has 1 saturated carbocycles. The number of rotatable bonds is 7. The molecular weight excluding hydrogens is 369 g/mol. The largest absolute Gasteiger partial charge is 0.348 e. The number of carbonyl (C=O) groups is 1. The van der Waals surface area contributed by atoms with Crippen LogP contribution < -0.4 is 5.32 Å². The summed E-state index contributed by atoms with van der Waals surface area (Å²) in [5.74, 6) is 0.860. The molecule has 2 aromatic rings. The van der Waals surface area contributed by atoms with Crippen molar-refractivity contribution in [1.29, 1.82) is 0 Å². The zero-order chi connectivity index (χ0) is 20.1. The van der Waals surface area contributed by atoms with Crippen molar-refractivity contribution in [3.63, 3.8) is 0 Å². The summed E-state index contributed by atoms with van der Waals surface area (Å²) < 4.78 is 15.2. The highest BCUT2D eigenvalue weighted by Crippen LogP contribution is 2.35. The quantitative estimate of drug-likeness (QED) is 0.777. The van der Waals surface area contributed by atoms with Gasteiger partial charge in [0.05, 0.1) is 18.8 Å². The van der Waals surface area contributed by atoms with Gasteiger partial charge >= 0.3 is 0 Å². The van der Waals surface area contributed by atoms with Gasteiger partial charge in [0.2, 0.25) is 5.91 Å². The average Bonchev–Trinajstić information content (AvgIpc) is 3.43. The van der Waals surface area contributed by atoms with Crippen LogP contribution >= 0.6 is 0 Å². The van der Waals surface area contributed by atoms with Crippen LogP contribution in [0, 0.1) is 17.7 Å². The number of nitrogens with zero attached hydrogens (tertiary/aromatic N) is 4. The minimum atomic E-state index is -0.237. The van der Waals surface area contributed by atoms with Crippen LogP contribution in [0.1, 0.15) is 50.1 Å². The van der Waals surface area contributed by atoms with E-state index in [0.717, 1.165) is 50.9 Å². The highest BCUT2D eigenvalue weighted by atomic mass is 19.1. The van der Waals surface area contributed by atoms with E-state index >= 15 is 0 Å². The predicted octanol–water partition coefficient (Wildman–Crippen LogP) is 3.18. The van der Waals surface area contributed by atoms with Gasteiger partial charge in [-0.3, -0.25) is 14.4 Å². The van der Waals surface area contributed by atoms with Gasteiger partial charge in [0, 0.05) is 12.7 Å². The third kappa shape index (κ3) is 5.41. The summed E-state index contributed by atoms with van der Waals surface area (Å²) in [7, 11) is 0. The molecule has 4 rings (SSSR count). The second kappa shape index (κ2) is 9.48. The monoisotopic (exact) mass is 399 g/mol. The first-order valence-electron chi connectivity index (χ1n) is 10.8. The van der Waals surface area contributed by atoms with Crippen molar-refractivity contribution in [2.75, 3.05) is 19.6 Å². The number of piperidine rings is 1. The lowest BCUT2D eigenvalue weighted by molar-refractivity contribution is -0.123. The average molecular weight is 400 g/mol. The molecule has 2 aliphatic rings. The summed E-state index contributed by atoms with van der Waals surface area (Å²) in [4.78, 5) is 15.0. The third-order valence-corrected chi connectivity index (χ3v) is 6.41. The molecule has 2 fully saturated rings. The van der Waals surface area contributed by atoms with Crippen LogP contribution in [0.4, 0.5) is 4.39 Å². The van der Waals surface area contributed by atoms with Crippen LogP contribution in [-0.2, 0) is 11.3 Å². The highest BCUT2D eigenvalue weighted by Gasteiger charge is 2.29. The van der Waals surface area contributed by atoms with Crippen LogP contribution in [-0.4, -0.2) is 45.4 Å². The van der Waals surface area contributed by atoms with E-state index < -0.39 is 0 Å². The summed E-state index contributed by atoms with van der Waals surface area (Å²) in [6.45, 7) is 3.18. The Morgan fingerprint density at radius 2 is 1.86 bits per heavy atom. The standard InChI is InChI=1S/C22H30FN5O/c23-20-7-5-19(6-8-20)22(18-3-1-2-4-18)25-21(29)16-27-12-9-17(10-13-27)15-28-14-11-24-26-28/h5-8,11,14,17-18,22H,1-4,9-10,12-13,15-16H2,(H,25,29). The Labute approximate surface area is 171 Å². The van der Waals surface area contributed by atoms with Gasteiger partial charge in [-0.1, -0.05) is 30.2 Å². The normalized spacial score (nSPS) is 20.0. The first-order chi connectivity index (χ1) is 14.2. The minimum Gasteiger partial charge on any atom is -0.348 e. The fourth-order valence-corrected chi connectivity index (χ4v) is 4.78. The van der Waals surface area contributed by atoms with Gasteiger partial charge in [0.15, 0.2) is 0 Å². The van der Waals surface area contributed by atoms with Crippen LogP contribution in [0.3, 0.4) is 0 Å². The Hall–Kier alpha value is -2.28. The molecule has 1 aliphatic carbocycles. The summed E-state index contributed by atoms with van der Waals surface area (Å²) in [6.07, 6.45) is 10.4. The number of likely N-dealkylation sites (tertiary alicyclic amines) is 1. The molecule has 1 aliphatic heterocycles. The number of amides is 1. The van der Waals surface area contributed by atoms with Gasteiger partial charge in [-0.25, -0.2) is 4.39 Å². The van der Waals surface area contributed by atoms with Gasteiger partial charge < -0.3 is 5.32 Å². The predicted molar refractivity (Wildman–Crippen MR) is 108 cm³/mol. The summed E-state index contributed by atoms with van der Waals surface area (Å²) in [5.41, 5.74) is 1.01. The molecule has 0 spiro atoms. The van der Waals surface area contributed by atoms with Crippen molar-refractivity contribution in [3.8, 4) is 0 Å². The van der Waals surface area contributed by atoms with Gasteiger partial charge in [-0.2, -0.15) is 0 Å². The lowest BCUT2D eigenvalue weighted by Crippen LogP contribution is -2.44. The van der Waals surface area contributed by atoms with Crippen LogP contribution in [0.15, 0.2) is 36.7 Å². The minimum absolute atomic E-state index is 0.0181. The van der Waals surface area contributed by atoms with Gasteiger partial charge in [-0.15, -0.1) is 5.10 Å². The van der Waals surface area contributed by atoms with Crippen molar-refractivity contribution in [1.82, 2.24) is 25.2 Å². The number of carbonyl (C=O) groups excluding carboxylic acids is 1. The number of nitrogens with one attached hydrogen (secondary N) is 1. The molecule has 1 atom stereocenters. The van der Waals surface area contributed by atoms with E-state index in [1.54, 1.807) is 6.20 Å². The maximum atomic E-state index is 13.3. The Balaban J connectivity index is 1.29. The fraction of sp³-hybridized carbons (Fsp3) is 0.591. The van der Waals surface area contributed by atoms with Crippen LogP contribution in [0.5, 0.6) is 0 Å². The maximum Gasteiger partial charge on any atom is 0.234 e. The lowest BCUT2D eigenvalue weighted by atomic mass is 9.91. The molecule has 7 heteroatoms. The molecule has 0 radical (unpaired) electrons. The van der Waals surface area contributed by atoms with Crippen LogP contribution in [0.2, 0.25) is 0 Å². The Morgan fingerprint density at radius 1 is 1.14 bits per heavy atom. The van der Waals surface area contributed by atoms with E-state index in [-0.39, 0.29) is 17.8 Å². The van der Waals surface area contributed by atoms with Crippen molar-refractivity contribution in [3.05, 3.63) is 48.0 Å². The van der Waals surface area contributed by atoms with E-state index in [4.69, 9.17) is 0 Å². The Kier molecular flexibility index (Phi) is 6.54. The van der Waals surface area contributed by atoms with Gasteiger partial charge in [0.25, 0.3) is 0 Å². The number of aromatic nitrogens is 3. The Bertz CT molecular complexity index is 765. The molecular formula is C22H30FN5O.